The SMILES string of the molecule is CC(F)(F)c1nnc(NC(=O)c2ccc(F)c(Cl)c2)s1. The van der Waals surface area contributed by atoms with Crippen LogP contribution in [0.1, 0.15) is 22.3 Å². The molecule has 1 aromatic heterocycles. The summed E-state index contributed by atoms with van der Waals surface area (Å²) in [5.41, 5.74) is 0.0800. The highest BCUT2D eigenvalue weighted by Gasteiger charge is 2.29. The van der Waals surface area contributed by atoms with Crippen LogP contribution in [0.2, 0.25) is 5.02 Å². The first-order valence-electron chi connectivity index (χ1n) is 5.25. The van der Waals surface area contributed by atoms with Crippen molar-refractivity contribution < 1.29 is 18.0 Å². The number of hydrogen-bond donors (Lipinski definition) is 1. The number of benzene rings is 1. The van der Waals surface area contributed by atoms with Crippen molar-refractivity contribution in [3.63, 3.8) is 0 Å². The van der Waals surface area contributed by atoms with Gasteiger partial charge in [-0.05, 0) is 18.2 Å². The molecule has 0 fully saturated rings. The van der Waals surface area contributed by atoms with Crippen molar-refractivity contribution in [1.29, 1.82) is 0 Å². The number of hydrogen-bond acceptors (Lipinski definition) is 4. The van der Waals surface area contributed by atoms with Crippen molar-refractivity contribution in [3.8, 4) is 0 Å². The lowest BCUT2D eigenvalue weighted by Crippen LogP contribution is -2.11. The molecule has 0 spiro atoms. The number of halogens is 4. The zero-order valence-corrected chi connectivity index (χ0v) is 11.5. The number of rotatable bonds is 3. The molecule has 0 saturated carbocycles. The van der Waals surface area contributed by atoms with E-state index < -0.39 is 22.7 Å². The minimum atomic E-state index is -3.13. The van der Waals surface area contributed by atoms with E-state index in [9.17, 15) is 18.0 Å². The molecule has 1 heterocycles. The van der Waals surface area contributed by atoms with Gasteiger partial charge in [0, 0.05) is 12.5 Å². The Labute approximate surface area is 120 Å². The second-order valence-corrected chi connectivity index (χ2v) is 5.27. The summed E-state index contributed by atoms with van der Waals surface area (Å²) in [4.78, 5) is 11.8. The molecule has 0 aliphatic heterocycles. The van der Waals surface area contributed by atoms with Gasteiger partial charge in [-0.15, -0.1) is 10.2 Å². The number of amides is 1. The van der Waals surface area contributed by atoms with Crippen LogP contribution in [0.5, 0.6) is 0 Å². The monoisotopic (exact) mass is 321 g/mol. The van der Waals surface area contributed by atoms with Crippen molar-refractivity contribution >= 4 is 34.0 Å². The molecule has 0 radical (unpaired) electrons. The van der Waals surface area contributed by atoms with Crippen LogP contribution < -0.4 is 5.32 Å². The first kappa shape index (κ1) is 14.7. The Morgan fingerprint density at radius 2 is 2.10 bits per heavy atom. The summed E-state index contributed by atoms with van der Waals surface area (Å²) in [7, 11) is 0. The molecule has 2 rings (SSSR count). The first-order valence-corrected chi connectivity index (χ1v) is 6.45. The normalized spacial score (nSPS) is 11.4. The van der Waals surface area contributed by atoms with Crippen LogP contribution in [0.25, 0.3) is 0 Å². The Hall–Kier alpha value is -1.67. The minimum Gasteiger partial charge on any atom is -0.296 e. The number of nitrogens with zero attached hydrogens (tertiary/aromatic N) is 2. The maximum Gasteiger partial charge on any atom is 0.298 e. The molecule has 0 aliphatic rings. The third kappa shape index (κ3) is 3.26. The molecule has 4 nitrogen and oxygen atoms in total. The number of alkyl halides is 2. The summed E-state index contributed by atoms with van der Waals surface area (Å²) in [6.45, 7) is 0.679. The summed E-state index contributed by atoms with van der Waals surface area (Å²) in [5.74, 6) is -4.43. The Kier molecular flexibility index (Phi) is 3.96. The zero-order valence-electron chi connectivity index (χ0n) is 9.95. The molecule has 20 heavy (non-hydrogen) atoms. The fourth-order valence-electron chi connectivity index (χ4n) is 1.26. The van der Waals surface area contributed by atoms with E-state index in [1.165, 1.54) is 6.07 Å². The quantitative estimate of drug-likeness (QED) is 0.938. The molecule has 0 unspecified atom stereocenters. The van der Waals surface area contributed by atoms with Gasteiger partial charge in [0.1, 0.15) is 5.82 Å². The third-order valence-corrected chi connectivity index (χ3v) is 3.50. The average molecular weight is 322 g/mol. The van der Waals surface area contributed by atoms with Gasteiger partial charge in [0.2, 0.25) is 5.13 Å². The molecule has 1 N–H and O–H groups in total. The smallest absolute Gasteiger partial charge is 0.296 e. The van der Waals surface area contributed by atoms with E-state index in [1.54, 1.807) is 0 Å². The Balaban J connectivity index is 2.15. The highest BCUT2D eigenvalue weighted by molar-refractivity contribution is 7.15. The number of nitrogens with one attached hydrogen (secondary N) is 1. The van der Waals surface area contributed by atoms with Crippen LogP contribution in [0.3, 0.4) is 0 Å². The fraction of sp³-hybridized carbons (Fsp3) is 0.182. The van der Waals surface area contributed by atoms with Crippen LogP contribution in [-0.4, -0.2) is 16.1 Å². The van der Waals surface area contributed by atoms with Gasteiger partial charge < -0.3 is 0 Å². The van der Waals surface area contributed by atoms with Crippen LogP contribution in [0.15, 0.2) is 18.2 Å². The number of anilines is 1. The summed E-state index contributed by atoms with van der Waals surface area (Å²) in [6.07, 6.45) is 0. The topological polar surface area (TPSA) is 54.9 Å². The Bertz CT molecular complexity index is 657. The fourth-order valence-corrected chi connectivity index (χ4v) is 2.11. The van der Waals surface area contributed by atoms with E-state index in [2.05, 4.69) is 15.5 Å². The lowest BCUT2D eigenvalue weighted by molar-refractivity contribution is 0.0165. The predicted molar refractivity (Wildman–Crippen MR) is 68.8 cm³/mol. The largest absolute Gasteiger partial charge is 0.298 e. The van der Waals surface area contributed by atoms with Crippen LogP contribution in [0, 0.1) is 5.82 Å². The molecule has 0 atom stereocenters. The molecule has 1 aromatic carbocycles. The zero-order chi connectivity index (χ0) is 14.9. The van der Waals surface area contributed by atoms with E-state index >= 15 is 0 Å². The molecule has 0 saturated heterocycles. The highest BCUT2D eigenvalue weighted by Crippen LogP contribution is 2.31. The van der Waals surface area contributed by atoms with E-state index in [1.807, 2.05) is 0 Å². The minimum absolute atomic E-state index is 0.0769. The van der Waals surface area contributed by atoms with Crippen molar-refractivity contribution in [2.75, 3.05) is 5.32 Å². The third-order valence-electron chi connectivity index (χ3n) is 2.20. The summed E-state index contributed by atoms with van der Waals surface area (Å²) in [5, 5.41) is 8.21. The number of carbonyl (C=O) groups is 1. The van der Waals surface area contributed by atoms with Crippen molar-refractivity contribution in [3.05, 3.63) is 39.6 Å². The van der Waals surface area contributed by atoms with E-state index in [0.717, 1.165) is 12.1 Å². The molecular formula is C11H7ClF3N3OS. The lowest BCUT2D eigenvalue weighted by atomic mass is 10.2. The summed E-state index contributed by atoms with van der Waals surface area (Å²) >= 11 is 6.10. The van der Waals surface area contributed by atoms with Crippen molar-refractivity contribution in [2.45, 2.75) is 12.8 Å². The van der Waals surface area contributed by atoms with Gasteiger partial charge in [0.25, 0.3) is 11.8 Å². The van der Waals surface area contributed by atoms with Crippen LogP contribution in [-0.2, 0) is 5.92 Å². The lowest BCUT2D eigenvalue weighted by Gasteiger charge is -2.03. The van der Waals surface area contributed by atoms with Gasteiger partial charge in [0.15, 0.2) is 5.01 Å². The highest BCUT2D eigenvalue weighted by atomic mass is 35.5. The van der Waals surface area contributed by atoms with Crippen molar-refractivity contribution in [2.24, 2.45) is 0 Å². The van der Waals surface area contributed by atoms with E-state index in [-0.39, 0.29) is 15.7 Å². The van der Waals surface area contributed by atoms with E-state index in [0.29, 0.717) is 18.3 Å². The van der Waals surface area contributed by atoms with Gasteiger partial charge in [-0.2, -0.15) is 8.78 Å². The number of carbonyl (C=O) groups excluding carboxylic acids is 1. The molecule has 1 amide bonds. The molecule has 9 heteroatoms. The van der Waals surface area contributed by atoms with Gasteiger partial charge in [0.05, 0.1) is 5.02 Å². The molecule has 2 aromatic rings. The average Bonchev–Trinajstić information content (AvgIpc) is 2.81. The first-order chi connectivity index (χ1) is 9.27. The van der Waals surface area contributed by atoms with E-state index in [4.69, 9.17) is 11.6 Å². The maximum absolute atomic E-state index is 13.0. The molecule has 106 valence electrons. The second kappa shape index (κ2) is 5.37. The molecule has 0 aliphatic carbocycles. The van der Waals surface area contributed by atoms with Gasteiger partial charge in [-0.3, -0.25) is 10.1 Å². The van der Waals surface area contributed by atoms with Crippen LogP contribution in [0.4, 0.5) is 18.3 Å². The van der Waals surface area contributed by atoms with Crippen LogP contribution >= 0.6 is 22.9 Å². The van der Waals surface area contributed by atoms with Gasteiger partial charge >= 0.3 is 0 Å². The van der Waals surface area contributed by atoms with Gasteiger partial charge in [-0.25, -0.2) is 4.39 Å². The Morgan fingerprint density at radius 3 is 2.65 bits per heavy atom. The molecular weight excluding hydrogens is 315 g/mol. The summed E-state index contributed by atoms with van der Waals surface area (Å²) < 4.78 is 38.9. The molecule has 0 bridgehead atoms. The number of aromatic nitrogens is 2. The second-order valence-electron chi connectivity index (χ2n) is 3.88. The van der Waals surface area contributed by atoms with Gasteiger partial charge in [-0.1, -0.05) is 22.9 Å². The maximum atomic E-state index is 13.0. The Morgan fingerprint density at radius 1 is 1.40 bits per heavy atom. The predicted octanol–water partition coefficient (Wildman–Crippen LogP) is 3.69. The standard InChI is InChI=1S/C11H7ClF3N3OS/c1-11(14,15)9-17-18-10(20-9)16-8(19)5-2-3-7(13)6(12)4-5/h2-4H,1H3,(H,16,18,19). The summed E-state index contributed by atoms with van der Waals surface area (Å²) in [6, 6.07) is 3.37. The van der Waals surface area contributed by atoms with Crippen molar-refractivity contribution in [1.82, 2.24) is 10.2 Å².